The van der Waals surface area contributed by atoms with Crippen LogP contribution in [0.3, 0.4) is 0 Å². The summed E-state index contributed by atoms with van der Waals surface area (Å²) in [5.41, 5.74) is -0.160. The maximum absolute atomic E-state index is 13.0. The Morgan fingerprint density at radius 3 is 2.60 bits per heavy atom. The van der Waals surface area contributed by atoms with E-state index in [9.17, 15) is 17.6 Å². The first kappa shape index (κ1) is 12.0. The molecule has 0 heterocycles. The van der Waals surface area contributed by atoms with Crippen molar-refractivity contribution in [2.45, 2.75) is 19.7 Å². The van der Waals surface area contributed by atoms with E-state index in [2.05, 4.69) is 4.74 Å². The standard InChI is InChI=1S/C9H10F4O2/c1-5-2-7(10)6(4-14)3-8(5)15-9(11,12)13/h3,5,14H,2,4H2,1H3. The van der Waals surface area contributed by atoms with Crippen molar-refractivity contribution in [3.63, 3.8) is 0 Å². The average Bonchev–Trinajstić information content (AvgIpc) is 2.07. The van der Waals surface area contributed by atoms with Gasteiger partial charge in [0.05, 0.1) is 6.61 Å². The van der Waals surface area contributed by atoms with E-state index in [4.69, 9.17) is 5.11 Å². The highest BCUT2D eigenvalue weighted by atomic mass is 19.4. The number of allylic oxidation sites excluding steroid dienone is 2. The quantitative estimate of drug-likeness (QED) is 0.733. The van der Waals surface area contributed by atoms with Gasteiger partial charge < -0.3 is 9.84 Å². The summed E-state index contributed by atoms with van der Waals surface area (Å²) in [5, 5.41) is 8.68. The molecule has 2 nitrogen and oxygen atoms in total. The van der Waals surface area contributed by atoms with Gasteiger partial charge in [0.1, 0.15) is 11.6 Å². The maximum Gasteiger partial charge on any atom is 0.572 e. The molecule has 6 heteroatoms. The van der Waals surface area contributed by atoms with Crippen molar-refractivity contribution in [3.8, 4) is 0 Å². The normalized spacial score (nSPS) is 22.8. The van der Waals surface area contributed by atoms with Crippen molar-refractivity contribution in [1.82, 2.24) is 0 Å². The topological polar surface area (TPSA) is 29.5 Å². The fraction of sp³-hybridized carbons (Fsp3) is 0.556. The molecule has 0 aliphatic heterocycles. The lowest BCUT2D eigenvalue weighted by Crippen LogP contribution is -2.19. The van der Waals surface area contributed by atoms with Crippen LogP contribution in [0.5, 0.6) is 0 Å². The van der Waals surface area contributed by atoms with Crippen LogP contribution in [0.15, 0.2) is 23.2 Å². The Labute approximate surface area is 83.8 Å². The summed E-state index contributed by atoms with van der Waals surface area (Å²) in [6, 6.07) is 0. The summed E-state index contributed by atoms with van der Waals surface area (Å²) in [4.78, 5) is 0. The van der Waals surface area contributed by atoms with Gasteiger partial charge in [0.25, 0.3) is 0 Å². The number of aliphatic hydroxyl groups excluding tert-OH is 1. The van der Waals surface area contributed by atoms with Crippen molar-refractivity contribution < 1.29 is 27.4 Å². The Hall–Kier alpha value is -1.04. The minimum Gasteiger partial charge on any atom is -0.410 e. The minimum atomic E-state index is -4.78. The zero-order valence-corrected chi connectivity index (χ0v) is 7.94. The molecule has 1 unspecified atom stereocenters. The van der Waals surface area contributed by atoms with Gasteiger partial charge in [-0.25, -0.2) is 4.39 Å². The Kier molecular flexibility index (Phi) is 3.38. The smallest absolute Gasteiger partial charge is 0.410 e. The summed E-state index contributed by atoms with van der Waals surface area (Å²) in [6.07, 6.45) is -4.07. The largest absolute Gasteiger partial charge is 0.572 e. The minimum absolute atomic E-state index is 0.160. The lowest BCUT2D eigenvalue weighted by molar-refractivity contribution is -0.308. The van der Waals surface area contributed by atoms with Crippen LogP contribution in [0.4, 0.5) is 17.6 Å². The Balaban J connectivity index is 2.88. The summed E-state index contributed by atoms with van der Waals surface area (Å²) >= 11 is 0. The molecule has 0 fully saturated rings. The maximum atomic E-state index is 13.0. The number of ether oxygens (including phenoxy) is 1. The molecule has 0 amide bonds. The van der Waals surface area contributed by atoms with Crippen LogP contribution in [0.2, 0.25) is 0 Å². The third kappa shape index (κ3) is 3.23. The Bertz CT molecular complexity index is 304. The van der Waals surface area contributed by atoms with Crippen molar-refractivity contribution in [2.24, 2.45) is 5.92 Å². The number of hydrogen-bond acceptors (Lipinski definition) is 2. The molecule has 0 bridgehead atoms. The average molecular weight is 226 g/mol. The number of halogens is 4. The molecule has 0 aromatic carbocycles. The molecule has 0 radical (unpaired) electrons. The van der Waals surface area contributed by atoms with Crippen molar-refractivity contribution in [2.75, 3.05) is 6.61 Å². The SMILES string of the molecule is CC1CC(F)=C(CO)C=C1OC(F)(F)F. The molecule has 1 aliphatic rings. The predicted octanol–water partition coefficient (Wildman–Crippen LogP) is 2.66. The number of alkyl halides is 3. The van der Waals surface area contributed by atoms with Crippen LogP contribution >= 0.6 is 0 Å². The molecule has 1 aliphatic carbocycles. The third-order valence-electron chi connectivity index (χ3n) is 2.04. The van der Waals surface area contributed by atoms with Gasteiger partial charge in [-0.2, -0.15) is 0 Å². The van der Waals surface area contributed by atoms with E-state index in [1.807, 2.05) is 0 Å². The molecular weight excluding hydrogens is 216 g/mol. The van der Waals surface area contributed by atoms with Crippen molar-refractivity contribution in [3.05, 3.63) is 23.2 Å². The molecular formula is C9H10F4O2. The molecule has 0 saturated heterocycles. The molecule has 1 rings (SSSR count). The monoisotopic (exact) mass is 226 g/mol. The lowest BCUT2D eigenvalue weighted by Gasteiger charge is -2.22. The van der Waals surface area contributed by atoms with Crippen LogP contribution in [0.1, 0.15) is 13.3 Å². The van der Waals surface area contributed by atoms with Crippen LogP contribution < -0.4 is 0 Å². The fourth-order valence-electron chi connectivity index (χ4n) is 1.29. The van der Waals surface area contributed by atoms with Crippen molar-refractivity contribution >= 4 is 0 Å². The zero-order valence-electron chi connectivity index (χ0n) is 7.94. The van der Waals surface area contributed by atoms with Gasteiger partial charge in [0, 0.05) is 17.9 Å². The second kappa shape index (κ2) is 4.22. The third-order valence-corrected chi connectivity index (χ3v) is 2.04. The Morgan fingerprint density at radius 1 is 1.53 bits per heavy atom. The lowest BCUT2D eigenvalue weighted by atomic mass is 9.95. The van der Waals surface area contributed by atoms with Gasteiger partial charge in [-0.15, -0.1) is 13.2 Å². The number of rotatable bonds is 2. The van der Waals surface area contributed by atoms with E-state index in [1.165, 1.54) is 6.92 Å². The van der Waals surface area contributed by atoms with Crippen LogP contribution in [0.25, 0.3) is 0 Å². The molecule has 1 atom stereocenters. The van der Waals surface area contributed by atoms with E-state index < -0.39 is 24.7 Å². The van der Waals surface area contributed by atoms with Crippen LogP contribution in [0, 0.1) is 5.92 Å². The zero-order chi connectivity index (χ0) is 11.6. The fourth-order valence-corrected chi connectivity index (χ4v) is 1.29. The Morgan fingerprint density at radius 2 is 2.13 bits per heavy atom. The summed E-state index contributed by atoms with van der Waals surface area (Å²) in [7, 11) is 0. The van der Waals surface area contributed by atoms with Gasteiger partial charge in [-0.05, 0) is 6.08 Å². The van der Waals surface area contributed by atoms with Gasteiger partial charge in [0.15, 0.2) is 0 Å². The number of hydrogen-bond donors (Lipinski definition) is 1. The molecule has 86 valence electrons. The first-order valence-corrected chi connectivity index (χ1v) is 4.29. The van der Waals surface area contributed by atoms with E-state index in [-0.39, 0.29) is 17.8 Å². The second-order valence-electron chi connectivity index (χ2n) is 3.29. The molecule has 15 heavy (non-hydrogen) atoms. The molecule has 1 N–H and O–H groups in total. The van der Waals surface area contributed by atoms with E-state index in [0.29, 0.717) is 0 Å². The van der Waals surface area contributed by atoms with Crippen molar-refractivity contribution in [1.29, 1.82) is 0 Å². The summed E-state index contributed by atoms with van der Waals surface area (Å²) < 4.78 is 52.5. The van der Waals surface area contributed by atoms with E-state index in [1.54, 1.807) is 0 Å². The summed E-state index contributed by atoms with van der Waals surface area (Å²) in [6.45, 7) is 0.786. The molecule has 0 aromatic heterocycles. The van der Waals surface area contributed by atoms with Gasteiger partial charge in [-0.1, -0.05) is 6.92 Å². The summed E-state index contributed by atoms with van der Waals surface area (Å²) in [5.74, 6) is -1.64. The first-order valence-electron chi connectivity index (χ1n) is 4.29. The molecule has 0 aromatic rings. The van der Waals surface area contributed by atoms with Gasteiger partial charge in [-0.3, -0.25) is 0 Å². The molecule has 0 spiro atoms. The highest BCUT2D eigenvalue weighted by Crippen LogP contribution is 2.34. The first-order chi connectivity index (χ1) is 6.83. The second-order valence-corrected chi connectivity index (χ2v) is 3.29. The van der Waals surface area contributed by atoms with E-state index in [0.717, 1.165) is 6.08 Å². The van der Waals surface area contributed by atoms with Gasteiger partial charge in [0.2, 0.25) is 0 Å². The highest BCUT2D eigenvalue weighted by molar-refractivity contribution is 5.30. The van der Waals surface area contributed by atoms with Crippen LogP contribution in [-0.4, -0.2) is 18.1 Å². The highest BCUT2D eigenvalue weighted by Gasteiger charge is 2.35. The van der Waals surface area contributed by atoms with Gasteiger partial charge >= 0.3 is 6.36 Å². The number of aliphatic hydroxyl groups is 1. The van der Waals surface area contributed by atoms with Crippen LogP contribution in [-0.2, 0) is 4.74 Å². The van der Waals surface area contributed by atoms with E-state index >= 15 is 0 Å². The molecule has 0 saturated carbocycles. The predicted molar refractivity (Wildman–Crippen MR) is 44.2 cm³/mol.